The molecule has 10 fully saturated rings. The fraction of sp³-hybridized carbons (Fsp3) is 0.591. The highest BCUT2D eigenvalue weighted by atomic mass is 79.9. The number of aliphatic hydroxyl groups excluding tert-OH is 4. The van der Waals surface area contributed by atoms with E-state index in [0.29, 0.717) is 103 Å². The number of nitrogens with two attached hydrogens (primary N) is 1. The van der Waals surface area contributed by atoms with Gasteiger partial charge in [0.25, 0.3) is 5.91 Å². The van der Waals surface area contributed by atoms with Crippen LogP contribution in [-0.4, -0.2) is 297 Å². The predicted molar refractivity (Wildman–Crippen MR) is 487 cm³/mol. The molecule has 130 heavy (non-hydrogen) atoms. The number of ketones is 1. The van der Waals surface area contributed by atoms with Crippen LogP contribution in [0.5, 0.6) is 0 Å². The summed E-state index contributed by atoms with van der Waals surface area (Å²) in [5, 5.41) is 82.0. The molecule has 1 aromatic carbocycles. The van der Waals surface area contributed by atoms with E-state index in [0.717, 1.165) is 124 Å². The van der Waals surface area contributed by atoms with Gasteiger partial charge in [-0.15, -0.1) is 36.4 Å². The Balaban J connectivity index is 0.000000206. The van der Waals surface area contributed by atoms with Crippen LogP contribution in [0.1, 0.15) is 155 Å². The number of carbonyl (C=O) groups is 5. The molecule has 42 heteroatoms. The molecule has 36 nitrogen and oxygen atoms in total. The lowest BCUT2D eigenvalue weighted by Crippen LogP contribution is -2.39. The van der Waals surface area contributed by atoms with E-state index in [2.05, 4.69) is 64.1 Å². The van der Waals surface area contributed by atoms with E-state index in [1.165, 1.54) is 36.5 Å². The molecule has 11 aliphatic heterocycles. The molecule has 9 atom stereocenters. The van der Waals surface area contributed by atoms with Crippen molar-refractivity contribution in [3.05, 3.63) is 158 Å². The molecular weight excluding hydrogens is 1830 g/mol. The fourth-order valence-corrected chi connectivity index (χ4v) is 15.9. The third-order valence-electron chi connectivity index (χ3n) is 21.5. The van der Waals surface area contributed by atoms with Gasteiger partial charge in [-0.1, -0.05) is 45.7 Å². The molecule has 0 bridgehead atoms. The minimum atomic E-state index is -0.821. The van der Waals surface area contributed by atoms with Gasteiger partial charge in [0.15, 0.2) is 18.2 Å². The molecule has 16 rings (SSSR count). The number of ether oxygens (including phenoxy) is 7. The highest BCUT2D eigenvalue weighted by molar-refractivity contribution is 9.09. The second kappa shape index (κ2) is 48.5. The fourth-order valence-electron chi connectivity index (χ4n) is 15.6. The first-order valence-electron chi connectivity index (χ1n) is 42.3. The zero-order valence-electron chi connectivity index (χ0n) is 75.0. The molecule has 15 heterocycles. The minimum Gasteiger partial charge on any atom is -0.444 e. The number of nitrogen functional groups attached to an aromatic ring is 1. The molecule has 5 aromatic rings. The first-order valence-corrected chi connectivity index (χ1v) is 44.9. The Labute approximate surface area is 779 Å². The van der Waals surface area contributed by atoms with Crippen LogP contribution in [0, 0.1) is 43.2 Å². The predicted octanol–water partition coefficient (Wildman–Crippen LogP) is 12.0. The first kappa shape index (κ1) is 108. The van der Waals surface area contributed by atoms with Crippen LogP contribution < -0.4 is 20.9 Å². The molecule has 4 aromatic heterocycles. The molecule has 8 N–H and O–H groups in total. The standard InChI is InChI=1S/C19H15ClFN3O3.C12H15N3O4.C12H17N3O2.C12H21NO4.C12H21NO3.C7H13NO2.C5H3FN2O2.C5H9NO.C3H5Br.CH2Cl2/c1-19(2,3)27-18(26)24-9-14-16(17(24)25)11(20)7-13(23-14)15-10(8-22)5-4-6-12(15)21;16-10-5-12(19-7-10)3-4-14(8-12)9-1-2-11(13-6-9)15(17)18;13-11-2-1-9(6-14-11)15-4-3-12(8-15)5-10(16)7-17-12;1-11(2,3)17-10(15)13-5-4-12(8-13)6-9(14)7-16-12;1-5-6-12(15)7-8-13(9-12)10(14)16-11(2,3)4;9-6-3-7(10-4-6)1-2-8-5-7;6-4-1-2-5(7-3-4)8(9)10;1-6-3-2-5(7)4-6;1-2-3-4;2-1-3/h4-7H,9H2,1-3H3;1-2,6,10,16H,3-5,7-8H2;1-2,6,10,16H,3-5,7-8H2,(H2,13,14);9,14H,4-8H2,1-3H3;5,15H,1,6-9H2,2-4H3;6,8-9H,1-5H2;1-3H;2-4H2,1H3;2H,1,3H2;1H2. The molecule has 0 radical (unpaired) electrons. The van der Waals surface area contributed by atoms with Gasteiger partial charge in [-0.25, -0.2) is 38.0 Å². The molecule has 716 valence electrons. The number of β-amino-alcohol motifs (C(OH)–C–C–N with tert-alkyl or cyclic N) is 1. The average Bonchev–Trinajstić information content (AvgIpc) is 1.61. The lowest BCUT2D eigenvalue weighted by atomic mass is 9.98. The van der Waals surface area contributed by atoms with Gasteiger partial charge in [-0.05, 0) is 177 Å². The number of halogens is 6. The van der Waals surface area contributed by atoms with Gasteiger partial charge in [-0.3, -0.25) is 14.5 Å². The lowest BCUT2D eigenvalue weighted by Gasteiger charge is -2.26. The second-order valence-electron chi connectivity index (χ2n) is 35.9. The molecule has 9 unspecified atom stereocenters. The summed E-state index contributed by atoms with van der Waals surface area (Å²) in [7, 11) is 1.96. The number of likely N-dealkylation sites (N-methyl/N-ethyl adjacent to an activating group) is 1. The minimum absolute atomic E-state index is 0.000579. The molecule has 0 aliphatic carbocycles. The summed E-state index contributed by atoms with van der Waals surface area (Å²) in [5.41, 5.74) is 4.68. The third kappa shape index (κ3) is 33.3. The van der Waals surface area contributed by atoms with Crippen molar-refractivity contribution in [3.63, 3.8) is 0 Å². The molecule has 4 spiro atoms. The largest absolute Gasteiger partial charge is 0.444 e. The van der Waals surface area contributed by atoms with Crippen molar-refractivity contribution in [2.24, 2.45) is 0 Å². The Hall–Kier alpha value is -9.09. The zero-order valence-corrected chi connectivity index (χ0v) is 78.9. The number of aliphatic hydroxyl groups is 5. The maximum Gasteiger partial charge on any atom is 0.417 e. The number of hydrogen-bond acceptors (Lipinski definition) is 31. The van der Waals surface area contributed by atoms with Crippen molar-refractivity contribution in [1.82, 2.24) is 44.9 Å². The molecule has 4 amide bonds. The highest BCUT2D eigenvalue weighted by Crippen LogP contribution is 2.41. The van der Waals surface area contributed by atoms with Gasteiger partial charge in [-0.2, -0.15) is 5.26 Å². The van der Waals surface area contributed by atoms with Gasteiger partial charge in [0.1, 0.15) is 34.2 Å². The number of aromatic nitrogens is 4. The SMILES string of the molecule is C=CCBr.C=CCC1(O)CCN(C(=O)OC(C)(C)C)C1.CC(C)(C)OC(=O)N1CCC2(CC(O)CO2)C1.CC(C)(C)OC(=O)N1Cc2nc(-c3c(F)cccc3C#N)cc(Cl)c2C1=O.CN1CCC(=O)C1.ClCCl.Nc1ccc(N2CCC3(CC(O)CO3)C2)cn1.O=[N+]([O-])c1ccc(F)cn1.O=[N+]([O-])c1ccc(N2CCC3(CC(O)CO3)C2)cn1.OC1COC2(CCNC2)C1. The van der Waals surface area contributed by atoms with Gasteiger partial charge in [0, 0.05) is 102 Å². The number of nitriles is 1. The van der Waals surface area contributed by atoms with Crippen molar-refractivity contribution in [2.75, 3.05) is 138 Å². The maximum atomic E-state index is 14.3. The zero-order chi connectivity index (χ0) is 96.3. The van der Waals surface area contributed by atoms with Crippen LogP contribution >= 0.6 is 50.7 Å². The quantitative estimate of drug-likeness (QED) is 0.0249. The van der Waals surface area contributed by atoms with Crippen molar-refractivity contribution in [3.8, 4) is 17.3 Å². The van der Waals surface area contributed by atoms with Crippen molar-refractivity contribution >= 4 is 110 Å². The average molecular weight is 1950 g/mol. The number of anilines is 3. The number of likely N-dealkylation sites (tertiary alicyclic amines) is 3. The third-order valence-corrected chi connectivity index (χ3v) is 22.3. The summed E-state index contributed by atoms with van der Waals surface area (Å²) >= 11 is 18.9. The Morgan fingerprint density at radius 1 is 0.662 bits per heavy atom. The molecule has 11 aliphatic rings. The van der Waals surface area contributed by atoms with Crippen LogP contribution in [0.15, 0.2) is 105 Å². The van der Waals surface area contributed by atoms with E-state index in [1.54, 1.807) is 55.0 Å². The van der Waals surface area contributed by atoms with Gasteiger partial charge >= 0.3 is 29.9 Å². The summed E-state index contributed by atoms with van der Waals surface area (Å²) in [6.07, 6.45) is 13.2. The number of amides is 4. The van der Waals surface area contributed by atoms with Crippen molar-refractivity contribution < 1.29 is 101 Å². The van der Waals surface area contributed by atoms with Gasteiger partial charge in [0.05, 0.1) is 167 Å². The van der Waals surface area contributed by atoms with Crippen molar-refractivity contribution in [2.45, 2.75) is 209 Å². The highest BCUT2D eigenvalue weighted by Gasteiger charge is 2.50. The van der Waals surface area contributed by atoms with Crippen LogP contribution in [0.2, 0.25) is 5.02 Å². The van der Waals surface area contributed by atoms with Crippen molar-refractivity contribution in [1.29, 1.82) is 5.26 Å². The summed E-state index contributed by atoms with van der Waals surface area (Å²) in [4.78, 5) is 104. The number of hydrogen-bond donors (Lipinski definition) is 7. The number of nitrogens with one attached hydrogen (secondary N) is 1. The number of benzene rings is 1. The number of nitro groups is 2. The number of alkyl halides is 3. The summed E-state index contributed by atoms with van der Waals surface area (Å²) in [5.74, 6) is -1.42. The van der Waals surface area contributed by atoms with Gasteiger partial charge < -0.3 is 110 Å². The van der Waals surface area contributed by atoms with Crippen LogP contribution in [0.25, 0.3) is 11.3 Å². The van der Waals surface area contributed by atoms with E-state index in [-0.39, 0.29) is 110 Å². The second-order valence-corrected chi connectivity index (χ2v) is 37.8. The monoisotopic (exact) mass is 1950 g/mol. The Morgan fingerprint density at radius 2 is 1.13 bits per heavy atom. The molecule has 10 saturated heterocycles. The number of pyridine rings is 4. The van der Waals surface area contributed by atoms with E-state index < -0.39 is 62.0 Å². The number of rotatable bonds is 8. The first-order chi connectivity index (χ1) is 61.0. The number of carbonyl (C=O) groups excluding carboxylic acids is 5. The van der Waals surface area contributed by atoms with E-state index in [1.807, 2.05) is 71.7 Å². The van der Waals surface area contributed by atoms with E-state index in [4.69, 9.17) is 73.7 Å². The van der Waals surface area contributed by atoms with E-state index in [9.17, 15) is 83.8 Å². The Kier molecular flexibility index (Phi) is 40.3. The lowest BCUT2D eigenvalue weighted by molar-refractivity contribution is -0.389. The smallest absolute Gasteiger partial charge is 0.417 e. The topological polar surface area (TPSA) is 470 Å². The number of allylic oxidation sites excluding steroid dienone is 1. The van der Waals surface area contributed by atoms with Crippen LogP contribution in [-0.2, 0) is 44.5 Å². The number of fused-ring (bicyclic) bond motifs is 1. The number of nitrogens with zero attached hydrogens (tertiary/aromatic N) is 13. The summed E-state index contributed by atoms with van der Waals surface area (Å²) in [6, 6.07) is 16.2. The summed E-state index contributed by atoms with van der Waals surface area (Å²) < 4.78 is 64.7. The molecule has 0 saturated carbocycles. The number of Topliss-reactive ketones (excluding diaryl/α,β-unsaturated/α-hetero) is 1. The van der Waals surface area contributed by atoms with Gasteiger partial charge in [0.2, 0.25) is 0 Å². The van der Waals surface area contributed by atoms with Crippen LogP contribution in [0.3, 0.4) is 0 Å². The molecular formula is C88H121BrCl3F2N15O21. The van der Waals surface area contributed by atoms with Crippen LogP contribution in [0.4, 0.5) is 52.0 Å². The maximum absolute atomic E-state index is 14.3. The van der Waals surface area contributed by atoms with E-state index >= 15 is 0 Å². The Morgan fingerprint density at radius 3 is 1.53 bits per heavy atom. The Bertz CT molecular complexity index is 4670. The summed E-state index contributed by atoms with van der Waals surface area (Å²) in [6.45, 7) is 33.7. The number of imide groups is 1. The normalized spacial score (nSPS) is 24.9.